The van der Waals surface area contributed by atoms with Crippen LogP contribution in [0.5, 0.6) is 0 Å². The fourth-order valence-corrected chi connectivity index (χ4v) is 11.1. The van der Waals surface area contributed by atoms with Crippen molar-refractivity contribution < 1.29 is 0 Å². The van der Waals surface area contributed by atoms with Gasteiger partial charge in [0.05, 0.1) is 0 Å². The van der Waals surface area contributed by atoms with E-state index in [0.717, 1.165) is 0 Å². The summed E-state index contributed by atoms with van der Waals surface area (Å²) in [5.41, 5.74) is 3.00. The minimum absolute atomic E-state index is 0.686. The predicted octanol–water partition coefficient (Wildman–Crippen LogP) is 4.91. The summed E-state index contributed by atoms with van der Waals surface area (Å²) in [7, 11) is 0. The van der Waals surface area contributed by atoms with Crippen molar-refractivity contribution in [2.45, 2.75) is 21.0 Å². The quantitative estimate of drug-likeness (QED) is 0.546. The Morgan fingerprint density at radius 3 is 1.37 bits per heavy atom. The average molecular weight is 309 g/mol. The third kappa shape index (κ3) is 2.30. The number of rotatable bonds is 2. The number of allylic oxidation sites excluding steroid dienone is 2. The first-order chi connectivity index (χ1) is 9.19. The molecule has 0 aliphatic carbocycles. The molecule has 0 saturated carbocycles. The summed E-state index contributed by atoms with van der Waals surface area (Å²) in [5, 5.41) is 0. The molecule has 1 unspecified atom stereocenters. The second kappa shape index (κ2) is 5.01. The molecule has 0 radical (unpaired) electrons. The van der Waals surface area contributed by atoms with E-state index < -0.39 is 13.3 Å². The molecule has 19 heavy (non-hydrogen) atoms. The minimum atomic E-state index is -1.96. The van der Waals surface area contributed by atoms with Crippen LogP contribution in [0.3, 0.4) is 0 Å². The molecule has 0 aromatic heterocycles. The third-order valence-corrected chi connectivity index (χ3v) is 13.3. The normalized spacial score (nSPS) is 24.5. The second-order valence-corrected chi connectivity index (χ2v) is 16.2. The van der Waals surface area contributed by atoms with E-state index in [0.29, 0.717) is 9.50 Å². The molecule has 0 amide bonds. The Bertz CT molecular complexity index is 518. The fourth-order valence-electron chi connectivity index (χ4n) is 3.31. The standard InChI is InChI=1S/C18H20Ge/c1-19(2)17(15-9-5-3-6-10-15)13-14-18(19)16-11-7-4-8-12-16/h3-14,17-18H,1-2H3/t17-,18?/m1/s1. The van der Waals surface area contributed by atoms with Gasteiger partial charge in [0, 0.05) is 0 Å². The van der Waals surface area contributed by atoms with Gasteiger partial charge in [0.15, 0.2) is 0 Å². The second-order valence-electron chi connectivity index (χ2n) is 5.98. The van der Waals surface area contributed by atoms with Crippen LogP contribution in [0.15, 0.2) is 72.8 Å². The maximum absolute atomic E-state index is 2.56. The molecule has 1 heteroatoms. The topological polar surface area (TPSA) is 0 Å². The molecule has 2 atom stereocenters. The Hall–Kier alpha value is -1.28. The Morgan fingerprint density at radius 1 is 0.632 bits per heavy atom. The van der Waals surface area contributed by atoms with Gasteiger partial charge in [0.2, 0.25) is 0 Å². The molecule has 1 aliphatic rings. The summed E-state index contributed by atoms with van der Waals surface area (Å²) in [6.45, 7) is 0. The van der Waals surface area contributed by atoms with Crippen LogP contribution in [0.4, 0.5) is 0 Å². The van der Waals surface area contributed by atoms with Crippen LogP contribution >= 0.6 is 0 Å². The molecular formula is C18H20Ge. The summed E-state index contributed by atoms with van der Waals surface area (Å²) in [5.74, 6) is 5.13. The molecule has 0 fully saturated rings. The number of hydrogen-bond acceptors (Lipinski definition) is 0. The van der Waals surface area contributed by atoms with Gasteiger partial charge in [0.1, 0.15) is 0 Å². The molecular weight excluding hydrogens is 289 g/mol. The third-order valence-electron chi connectivity index (χ3n) is 4.42. The van der Waals surface area contributed by atoms with E-state index in [1.54, 1.807) is 0 Å². The first-order valence-electron chi connectivity index (χ1n) is 6.98. The van der Waals surface area contributed by atoms with E-state index in [4.69, 9.17) is 0 Å². The van der Waals surface area contributed by atoms with Gasteiger partial charge in [-0.25, -0.2) is 0 Å². The van der Waals surface area contributed by atoms with Crippen LogP contribution < -0.4 is 0 Å². The zero-order valence-corrected chi connectivity index (χ0v) is 13.7. The molecule has 3 rings (SSSR count). The SMILES string of the molecule is [CH3][Ge]1([CH3])[CH](c2ccccc2)C=C[C@@H]1c1ccccc1. The zero-order chi connectivity index (χ0) is 13.3. The van der Waals surface area contributed by atoms with E-state index in [-0.39, 0.29) is 0 Å². The summed E-state index contributed by atoms with van der Waals surface area (Å²) in [6.07, 6.45) is 4.93. The van der Waals surface area contributed by atoms with E-state index in [2.05, 4.69) is 84.3 Å². The van der Waals surface area contributed by atoms with Gasteiger partial charge in [-0.3, -0.25) is 0 Å². The molecule has 2 aromatic carbocycles. The van der Waals surface area contributed by atoms with Gasteiger partial charge < -0.3 is 0 Å². The van der Waals surface area contributed by atoms with Crippen molar-refractivity contribution in [3.05, 3.63) is 83.9 Å². The molecule has 2 aromatic rings. The maximum atomic E-state index is 2.56. The molecule has 0 spiro atoms. The van der Waals surface area contributed by atoms with E-state index in [9.17, 15) is 0 Å². The number of hydrogen-bond donors (Lipinski definition) is 0. The molecule has 1 heterocycles. The molecule has 96 valence electrons. The predicted molar refractivity (Wildman–Crippen MR) is 85.0 cm³/mol. The van der Waals surface area contributed by atoms with E-state index >= 15 is 0 Å². The Morgan fingerprint density at radius 2 is 1.00 bits per heavy atom. The van der Waals surface area contributed by atoms with Crippen molar-refractivity contribution in [2.24, 2.45) is 0 Å². The Kier molecular flexibility index (Phi) is 3.36. The van der Waals surface area contributed by atoms with E-state index in [1.165, 1.54) is 11.1 Å². The van der Waals surface area contributed by atoms with Crippen LogP contribution in [0, 0.1) is 0 Å². The first-order valence-corrected chi connectivity index (χ1v) is 13.6. The summed E-state index contributed by atoms with van der Waals surface area (Å²) in [6, 6.07) is 22.0. The van der Waals surface area contributed by atoms with Crippen molar-refractivity contribution in [2.75, 3.05) is 0 Å². The van der Waals surface area contributed by atoms with Crippen LogP contribution in [0.2, 0.25) is 11.5 Å². The van der Waals surface area contributed by atoms with Gasteiger partial charge in [-0.2, -0.15) is 0 Å². The van der Waals surface area contributed by atoms with Crippen LogP contribution in [-0.4, -0.2) is 13.3 Å². The summed E-state index contributed by atoms with van der Waals surface area (Å²) < 4.78 is 1.37. The molecule has 0 nitrogen and oxygen atoms in total. The zero-order valence-electron chi connectivity index (χ0n) is 11.6. The average Bonchev–Trinajstić information content (AvgIpc) is 2.76. The van der Waals surface area contributed by atoms with Crippen molar-refractivity contribution >= 4 is 13.3 Å². The fraction of sp³-hybridized carbons (Fsp3) is 0.222. The van der Waals surface area contributed by atoms with Crippen LogP contribution in [0.1, 0.15) is 20.6 Å². The number of benzene rings is 2. The monoisotopic (exact) mass is 310 g/mol. The van der Waals surface area contributed by atoms with E-state index in [1.807, 2.05) is 0 Å². The van der Waals surface area contributed by atoms with Crippen molar-refractivity contribution in [1.29, 1.82) is 0 Å². The van der Waals surface area contributed by atoms with Crippen molar-refractivity contribution in [1.82, 2.24) is 0 Å². The first kappa shape index (κ1) is 12.7. The molecule has 1 aliphatic heterocycles. The molecule has 0 N–H and O–H groups in total. The van der Waals surface area contributed by atoms with Gasteiger partial charge >= 0.3 is 118 Å². The van der Waals surface area contributed by atoms with Gasteiger partial charge in [-0.05, 0) is 0 Å². The van der Waals surface area contributed by atoms with Crippen LogP contribution in [0.25, 0.3) is 0 Å². The van der Waals surface area contributed by atoms with Gasteiger partial charge in [0.25, 0.3) is 0 Å². The summed E-state index contributed by atoms with van der Waals surface area (Å²) >= 11 is -1.96. The molecule has 0 bridgehead atoms. The Balaban J connectivity index is 1.95. The Labute approximate surface area is 118 Å². The summed E-state index contributed by atoms with van der Waals surface area (Å²) in [4.78, 5) is 0. The van der Waals surface area contributed by atoms with Gasteiger partial charge in [-0.1, -0.05) is 0 Å². The van der Waals surface area contributed by atoms with Crippen LogP contribution in [-0.2, 0) is 0 Å². The molecule has 0 saturated heterocycles. The van der Waals surface area contributed by atoms with Crippen molar-refractivity contribution in [3.8, 4) is 0 Å². The van der Waals surface area contributed by atoms with Crippen molar-refractivity contribution in [3.63, 3.8) is 0 Å². The van der Waals surface area contributed by atoms with Gasteiger partial charge in [-0.15, -0.1) is 0 Å².